The van der Waals surface area contributed by atoms with Crippen LogP contribution in [0.25, 0.3) is 45.6 Å². The highest BCUT2D eigenvalue weighted by molar-refractivity contribution is 5.57. The van der Waals surface area contributed by atoms with Gasteiger partial charge in [-0.3, -0.25) is 10.2 Å². The third kappa shape index (κ3) is 7.64. The number of hydrogen-bond donors (Lipinski definition) is 2. The van der Waals surface area contributed by atoms with E-state index in [1.165, 1.54) is 9.59 Å². The molecule has 0 spiro atoms. The molecule has 4 heterocycles. The molecule has 0 amide bonds. The van der Waals surface area contributed by atoms with E-state index < -0.39 is 0 Å². The Kier molecular flexibility index (Phi) is 8.91. The molecule has 4 aromatic carbocycles. The molecule has 51 heavy (non-hydrogen) atoms. The molecule has 252 valence electrons. The second-order valence-electron chi connectivity index (χ2n) is 11.3. The molecule has 16 heteroatoms. The van der Waals surface area contributed by atoms with Crippen LogP contribution in [0.1, 0.15) is 18.1 Å². The number of aromatic amines is 2. The zero-order chi connectivity index (χ0) is 34.2. The summed E-state index contributed by atoms with van der Waals surface area (Å²) in [4.78, 5) is 12.1. The fourth-order valence-corrected chi connectivity index (χ4v) is 5.12. The topological polar surface area (TPSA) is 189 Å². The summed E-state index contributed by atoms with van der Waals surface area (Å²) in [6, 6.07) is 34.7. The summed E-state index contributed by atoms with van der Waals surface area (Å²) in [6.45, 7) is 1.66. The minimum absolute atomic E-state index is 0.322. The summed E-state index contributed by atoms with van der Waals surface area (Å²) in [7, 11) is 0. The molecule has 0 bridgehead atoms. The molecule has 16 nitrogen and oxygen atoms in total. The van der Waals surface area contributed by atoms with Crippen molar-refractivity contribution in [1.82, 2.24) is 70.8 Å². The molecule has 0 fully saturated rings. The van der Waals surface area contributed by atoms with Crippen LogP contribution in [0.2, 0.25) is 0 Å². The fourth-order valence-electron chi connectivity index (χ4n) is 5.12. The van der Waals surface area contributed by atoms with E-state index in [1.807, 2.05) is 109 Å². The van der Waals surface area contributed by atoms with Crippen LogP contribution in [-0.4, -0.2) is 84.0 Å². The Morgan fingerprint density at radius 3 is 1.31 bits per heavy atom. The zero-order valence-corrected chi connectivity index (χ0v) is 27.1. The molecule has 0 aliphatic heterocycles. The van der Waals surface area contributed by atoms with E-state index in [1.54, 1.807) is 0 Å². The average Bonchev–Trinajstić information content (AvgIpc) is 4.02. The fraction of sp³-hybridized carbons (Fsp3) is 0.143. The van der Waals surface area contributed by atoms with Crippen LogP contribution < -0.4 is 9.47 Å². The Bertz CT molecular complexity index is 2130. The molecular formula is C35H30N14O2. The van der Waals surface area contributed by atoms with Crippen molar-refractivity contribution in [3.8, 4) is 57.1 Å². The van der Waals surface area contributed by atoms with Gasteiger partial charge in [0.15, 0.2) is 11.6 Å². The summed E-state index contributed by atoms with van der Waals surface area (Å²) < 4.78 is 11.8. The first kappa shape index (κ1) is 31.2. The van der Waals surface area contributed by atoms with Gasteiger partial charge in [0.1, 0.15) is 36.2 Å². The number of ether oxygens (including phenoxy) is 2. The molecule has 0 unspecified atom stereocenters. The van der Waals surface area contributed by atoms with Gasteiger partial charge in [-0.05, 0) is 59.0 Å². The lowest BCUT2D eigenvalue weighted by Gasteiger charge is -2.08. The lowest BCUT2D eigenvalue weighted by molar-refractivity contribution is 0.247. The summed E-state index contributed by atoms with van der Waals surface area (Å²) in [5.41, 5.74) is 3.52. The SMILES string of the molecule is c1ccc(-c2nnn(Cc3nc(-c4ccc(OCCCOc5ccc(-c6n[nH]c(Cn7nnc(-c8ccccc8)n7)n6)cc5)cc4)n[nH]3)n2)cc1. The lowest BCUT2D eigenvalue weighted by atomic mass is 10.2. The highest BCUT2D eigenvalue weighted by atomic mass is 16.5. The third-order valence-electron chi connectivity index (χ3n) is 7.67. The van der Waals surface area contributed by atoms with Gasteiger partial charge >= 0.3 is 0 Å². The van der Waals surface area contributed by atoms with Crippen LogP contribution >= 0.6 is 0 Å². The van der Waals surface area contributed by atoms with Gasteiger partial charge in [-0.2, -0.15) is 19.8 Å². The average molecular weight is 679 g/mol. The summed E-state index contributed by atoms with van der Waals surface area (Å²) in [6.07, 6.45) is 0.711. The smallest absolute Gasteiger partial charge is 0.204 e. The molecular weight excluding hydrogens is 648 g/mol. The van der Waals surface area contributed by atoms with Gasteiger partial charge in [0, 0.05) is 28.7 Å². The highest BCUT2D eigenvalue weighted by Crippen LogP contribution is 2.22. The second kappa shape index (κ2) is 14.6. The van der Waals surface area contributed by atoms with Gasteiger partial charge in [-0.15, -0.1) is 20.4 Å². The van der Waals surface area contributed by atoms with Crippen molar-refractivity contribution in [2.45, 2.75) is 19.5 Å². The molecule has 0 saturated carbocycles. The maximum atomic E-state index is 5.91. The summed E-state index contributed by atoms with van der Waals surface area (Å²) in [5.74, 6) is 5.01. The molecule has 0 aliphatic carbocycles. The molecule has 0 radical (unpaired) electrons. The van der Waals surface area contributed by atoms with Crippen molar-refractivity contribution in [1.29, 1.82) is 0 Å². The number of benzene rings is 4. The monoisotopic (exact) mass is 678 g/mol. The summed E-state index contributed by atoms with van der Waals surface area (Å²) in [5, 5.41) is 40.0. The number of hydrogen-bond acceptors (Lipinski definition) is 12. The van der Waals surface area contributed by atoms with Crippen LogP contribution in [0.4, 0.5) is 0 Å². The summed E-state index contributed by atoms with van der Waals surface area (Å²) >= 11 is 0. The van der Waals surface area contributed by atoms with Crippen LogP contribution in [0.5, 0.6) is 11.5 Å². The standard InChI is InChI=1S/C35H30N14O2/c1-3-8-24(9-4-1)34-42-46-48(44-34)22-30-36-32(40-38-30)26-12-16-28(17-13-26)50-20-7-21-51-29-18-14-27(15-19-29)33-37-31(39-41-33)23-49-45-35(43-47-49)25-10-5-2-6-11-25/h1-6,8-19H,7,20-23H2,(H,36,38,40)(H,37,39,41). The second-order valence-corrected chi connectivity index (χ2v) is 11.3. The minimum atomic E-state index is 0.322. The van der Waals surface area contributed by atoms with E-state index in [0.717, 1.165) is 33.8 Å². The number of nitrogens with one attached hydrogen (secondary N) is 2. The molecule has 4 aromatic heterocycles. The van der Waals surface area contributed by atoms with Gasteiger partial charge in [0.05, 0.1) is 13.2 Å². The first-order chi connectivity index (χ1) is 25.2. The minimum Gasteiger partial charge on any atom is -0.493 e. The van der Waals surface area contributed by atoms with E-state index in [2.05, 4.69) is 61.2 Å². The van der Waals surface area contributed by atoms with Gasteiger partial charge in [0.25, 0.3) is 0 Å². The Morgan fingerprint density at radius 2 is 0.882 bits per heavy atom. The predicted octanol–water partition coefficient (Wildman–Crippen LogP) is 4.51. The van der Waals surface area contributed by atoms with E-state index >= 15 is 0 Å². The zero-order valence-electron chi connectivity index (χ0n) is 27.1. The van der Waals surface area contributed by atoms with Crippen LogP contribution in [-0.2, 0) is 13.1 Å². The van der Waals surface area contributed by atoms with E-state index in [-0.39, 0.29) is 0 Å². The van der Waals surface area contributed by atoms with Crippen LogP contribution in [0.3, 0.4) is 0 Å². The van der Waals surface area contributed by atoms with Gasteiger partial charge < -0.3 is 9.47 Å². The van der Waals surface area contributed by atoms with Crippen molar-refractivity contribution in [2.75, 3.05) is 13.2 Å². The van der Waals surface area contributed by atoms with Crippen LogP contribution in [0, 0.1) is 0 Å². The number of nitrogens with zero attached hydrogens (tertiary/aromatic N) is 12. The maximum Gasteiger partial charge on any atom is 0.204 e. The predicted molar refractivity (Wildman–Crippen MR) is 184 cm³/mol. The number of tetrazole rings is 2. The normalized spacial score (nSPS) is 11.1. The van der Waals surface area contributed by atoms with Crippen LogP contribution in [0.15, 0.2) is 109 Å². The van der Waals surface area contributed by atoms with Gasteiger partial charge in [0.2, 0.25) is 11.6 Å². The van der Waals surface area contributed by atoms with E-state index in [9.17, 15) is 0 Å². The van der Waals surface area contributed by atoms with Gasteiger partial charge in [-0.25, -0.2) is 9.97 Å². The quantitative estimate of drug-likeness (QED) is 0.153. The van der Waals surface area contributed by atoms with Crippen molar-refractivity contribution < 1.29 is 9.47 Å². The van der Waals surface area contributed by atoms with Crippen molar-refractivity contribution in [3.63, 3.8) is 0 Å². The Labute approximate surface area is 290 Å². The largest absolute Gasteiger partial charge is 0.493 e. The van der Waals surface area contributed by atoms with E-state index in [4.69, 9.17) is 9.47 Å². The Balaban J connectivity index is 0.764. The first-order valence-electron chi connectivity index (χ1n) is 16.2. The van der Waals surface area contributed by atoms with Gasteiger partial charge in [-0.1, -0.05) is 60.7 Å². The number of H-pyrrole nitrogens is 2. The number of aromatic nitrogens is 14. The molecule has 0 atom stereocenters. The maximum absolute atomic E-state index is 5.91. The first-order valence-corrected chi connectivity index (χ1v) is 16.2. The van der Waals surface area contributed by atoms with Crippen molar-refractivity contribution >= 4 is 0 Å². The van der Waals surface area contributed by atoms with E-state index in [0.29, 0.717) is 67.7 Å². The molecule has 0 aliphatic rings. The molecule has 2 N–H and O–H groups in total. The lowest BCUT2D eigenvalue weighted by Crippen LogP contribution is -2.05. The molecule has 0 saturated heterocycles. The number of rotatable bonds is 14. The molecule has 8 aromatic rings. The van der Waals surface area contributed by atoms with Crippen molar-refractivity contribution in [3.05, 3.63) is 121 Å². The van der Waals surface area contributed by atoms with Crippen molar-refractivity contribution in [2.24, 2.45) is 0 Å². The molecule has 8 rings (SSSR count). The third-order valence-corrected chi connectivity index (χ3v) is 7.67. The Hall–Kier alpha value is -7.10. The Morgan fingerprint density at radius 1 is 0.471 bits per heavy atom. The highest BCUT2D eigenvalue weighted by Gasteiger charge is 2.12.